The summed E-state index contributed by atoms with van der Waals surface area (Å²) in [5.74, 6) is 0. The zero-order valence-electron chi connectivity index (χ0n) is 12.6. The maximum atomic E-state index is 5.96. The van der Waals surface area contributed by atoms with Gasteiger partial charge in [0.15, 0.2) is 8.32 Å². The normalized spacial score (nSPS) is 12.9. The number of nitrogens with zero attached hydrogens (tertiary/aromatic N) is 1. The minimum atomic E-state index is -1.68. The van der Waals surface area contributed by atoms with E-state index in [0.717, 1.165) is 5.56 Å². The highest BCUT2D eigenvalue weighted by atomic mass is 28.4. The third kappa shape index (κ3) is 5.57. The maximum Gasteiger partial charge on any atom is 0.192 e. The molecule has 0 spiro atoms. The van der Waals surface area contributed by atoms with Gasteiger partial charge in [-0.3, -0.25) is 0 Å². The van der Waals surface area contributed by atoms with Crippen LogP contribution in [0.1, 0.15) is 26.3 Å². The van der Waals surface area contributed by atoms with Crippen LogP contribution in [-0.2, 0) is 15.9 Å². The Morgan fingerprint density at radius 2 is 1.79 bits per heavy atom. The Labute approximate surface area is 117 Å². The van der Waals surface area contributed by atoms with Crippen molar-refractivity contribution in [3.05, 3.63) is 35.9 Å². The van der Waals surface area contributed by atoms with Crippen LogP contribution in [0.25, 0.3) is 0 Å². The monoisotopic (exact) mass is 279 g/mol. The van der Waals surface area contributed by atoms with E-state index in [2.05, 4.69) is 39.0 Å². The molecule has 0 atom stereocenters. The van der Waals surface area contributed by atoms with Crippen molar-refractivity contribution in [1.29, 1.82) is 0 Å². The lowest BCUT2D eigenvalue weighted by atomic mass is 10.2. The summed E-state index contributed by atoms with van der Waals surface area (Å²) in [6.07, 6.45) is 1.70. The average Bonchev–Trinajstić information content (AvgIpc) is 2.33. The van der Waals surface area contributed by atoms with Crippen molar-refractivity contribution in [2.75, 3.05) is 6.61 Å². The zero-order chi connectivity index (χ0) is 14.4. The molecule has 0 aliphatic carbocycles. The number of rotatable bonds is 6. The largest absolute Gasteiger partial charge is 0.411 e. The highest BCUT2D eigenvalue weighted by molar-refractivity contribution is 6.74. The molecule has 0 aliphatic rings. The number of benzene rings is 1. The van der Waals surface area contributed by atoms with E-state index in [1.165, 1.54) is 0 Å². The van der Waals surface area contributed by atoms with E-state index in [1.54, 1.807) is 6.21 Å². The predicted molar refractivity (Wildman–Crippen MR) is 82.9 cm³/mol. The van der Waals surface area contributed by atoms with Crippen LogP contribution >= 0.6 is 0 Å². The summed E-state index contributed by atoms with van der Waals surface area (Å²) in [5.41, 5.74) is 1.12. The average molecular weight is 279 g/mol. The van der Waals surface area contributed by atoms with Crippen molar-refractivity contribution >= 4 is 14.5 Å². The molecule has 0 saturated carbocycles. The molecule has 0 radical (unpaired) electrons. The zero-order valence-corrected chi connectivity index (χ0v) is 13.6. The lowest BCUT2D eigenvalue weighted by molar-refractivity contribution is 0.130. The quantitative estimate of drug-likeness (QED) is 0.443. The molecule has 0 amide bonds. The first kappa shape index (κ1) is 15.9. The van der Waals surface area contributed by atoms with Crippen LogP contribution in [0.15, 0.2) is 35.5 Å². The Hall–Kier alpha value is -1.13. The van der Waals surface area contributed by atoms with Gasteiger partial charge >= 0.3 is 0 Å². The summed E-state index contributed by atoms with van der Waals surface area (Å²) < 4.78 is 5.96. The number of oxime groups is 1. The van der Waals surface area contributed by atoms with Crippen molar-refractivity contribution in [2.45, 2.75) is 45.5 Å². The van der Waals surface area contributed by atoms with Crippen LogP contribution in [0.5, 0.6) is 0 Å². The highest BCUT2D eigenvalue weighted by Gasteiger charge is 2.36. The molecule has 0 aromatic heterocycles. The Bertz CT molecular complexity index is 396. The first-order chi connectivity index (χ1) is 8.83. The molecule has 4 heteroatoms. The Morgan fingerprint density at radius 3 is 2.37 bits per heavy atom. The molecule has 1 rings (SSSR count). The van der Waals surface area contributed by atoms with Gasteiger partial charge in [-0.1, -0.05) is 56.3 Å². The predicted octanol–water partition coefficient (Wildman–Crippen LogP) is 4.21. The second-order valence-electron chi connectivity index (χ2n) is 6.12. The molecule has 0 heterocycles. The molecular formula is C15H25NO2Si. The van der Waals surface area contributed by atoms with E-state index in [0.29, 0.717) is 13.2 Å². The lowest BCUT2D eigenvalue weighted by Gasteiger charge is -2.35. The van der Waals surface area contributed by atoms with Crippen molar-refractivity contribution in [3.63, 3.8) is 0 Å². The van der Waals surface area contributed by atoms with Crippen LogP contribution in [0.2, 0.25) is 18.1 Å². The molecule has 1 aromatic carbocycles. The van der Waals surface area contributed by atoms with E-state index in [4.69, 9.17) is 9.26 Å². The van der Waals surface area contributed by atoms with Gasteiger partial charge in [-0.15, -0.1) is 0 Å². The summed E-state index contributed by atoms with van der Waals surface area (Å²) in [7, 11) is -1.68. The van der Waals surface area contributed by atoms with Gasteiger partial charge in [-0.25, -0.2) is 0 Å². The second kappa shape index (κ2) is 6.87. The molecule has 1 aromatic rings. The highest BCUT2D eigenvalue weighted by Crippen LogP contribution is 2.36. The van der Waals surface area contributed by atoms with Crippen molar-refractivity contribution in [2.24, 2.45) is 5.16 Å². The first-order valence-electron chi connectivity index (χ1n) is 6.64. The fourth-order valence-corrected chi connectivity index (χ4v) is 2.16. The Morgan fingerprint density at radius 1 is 1.16 bits per heavy atom. The van der Waals surface area contributed by atoms with Gasteiger partial charge in [-0.2, -0.15) is 0 Å². The molecule has 3 nitrogen and oxygen atoms in total. The van der Waals surface area contributed by atoms with Crippen molar-refractivity contribution in [3.8, 4) is 0 Å². The standard InChI is InChI=1S/C15H25NO2Si/c1-15(2,3)19(4,5)18-12-11-16-17-13-14-9-7-6-8-10-14/h6-11H,12-13H2,1-5H3/b16-11+. The fraction of sp³-hybridized carbons (Fsp3) is 0.533. The smallest absolute Gasteiger partial charge is 0.192 e. The third-order valence-electron chi connectivity index (χ3n) is 3.55. The van der Waals surface area contributed by atoms with E-state index in [-0.39, 0.29) is 5.04 Å². The summed E-state index contributed by atoms with van der Waals surface area (Å²) in [5, 5.41) is 4.15. The van der Waals surface area contributed by atoms with Crippen LogP contribution in [0.3, 0.4) is 0 Å². The van der Waals surface area contributed by atoms with Gasteiger partial charge in [0.2, 0.25) is 0 Å². The van der Waals surface area contributed by atoms with E-state index in [9.17, 15) is 0 Å². The van der Waals surface area contributed by atoms with Gasteiger partial charge in [0, 0.05) is 0 Å². The van der Waals surface area contributed by atoms with Gasteiger partial charge in [0.25, 0.3) is 0 Å². The van der Waals surface area contributed by atoms with Crippen molar-refractivity contribution < 1.29 is 9.26 Å². The summed E-state index contributed by atoms with van der Waals surface area (Å²) in [6.45, 7) is 12.1. The summed E-state index contributed by atoms with van der Waals surface area (Å²) in [4.78, 5) is 5.22. The van der Waals surface area contributed by atoms with Crippen LogP contribution in [0.4, 0.5) is 0 Å². The molecule has 19 heavy (non-hydrogen) atoms. The molecule has 0 N–H and O–H groups in total. The van der Waals surface area contributed by atoms with Crippen LogP contribution < -0.4 is 0 Å². The molecule has 0 aliphatic heterocycles. The van der Waals surface area contributed by atoms with E-state index >= 15 is 0 Å². The minimum absolute atomic E-state index is 0.228. The fourth-order valence-electron chi connectivity index (χ4n) is 1.23. The SMILES string of the molecule is CC(C)(C)[Si](C)(C)OC/C=N/OCc1ccccc1. The number of hydrogen-bond acceptors (Lipinski definition) is 3. The van der Waals surface area contributed by atoms with Crippen LogP contribution in [0, 0.1) is 0 Å². The van der Waals surface area contributed by atoms with Gasteiger partial charge in [-0.05, 0) is 23.7 Å². The van der Waals surface area contributed by atoms with E-state index < -0.39 is 8.32 Å². The molecule has 106 valence electrons. The Kier molecular flexibility index (Phi) is 5.75. The lowest BCUT2D eigenvalue weighted by Crippen LogP contribution is -2.41. The Balaban J connectivity index is 2.25. The molecule has 0 fully saturated rings. The summed E-state index contributed by atoms with van der Waals surface area (Å²) >= 11 is 0. The molecular weight excluding hydrogens is 254 g/mol. The van der Waals surface area contributed by atoms with Gasteiger partial charge < -0.3 is 9.26 Å². The summed E-state index contributed by atoms with van der Waals surface area (Å²) in [6, 6.07) is 10.00. The molecule has 0 unspecified atom stereocenters. The first-order valence-corrected chi connectivity index (χ1v) is 9.55. The second-order valence-corrected chi connectivity index (χ2v) is 10.9. The van der Waals surface area contributed by atoms with Crippen LogP contribution in [-0.4, -0.2) is 21.1 Å². The van der Waals surface area contributed by atoms with E-state index in [1.807, 2.05) is 30.3 Å². The van der Waals surface area contributed by atoms with Gasteiger partial charge in [0.1, 0.15) is 6.61 Å². The molecule has 0 saturated heterocycles. The molecule has 0 bridgehead atoms. The van der Waals surface area contributed by atoms with Crippen molar-refractivity contribution in [1.82, 2.24) is 0 Å². The number of hydrogen-bond donors (Lipinski definition) is 0. The third-order valence-corrected chi connectivity index (χ3v) is 8.05. The van der Waals surface area contributed by atoms with Gasteiger partial charge in [0.05, 0.1) is 12.8 Å². The maximum absolute atomic E-state index is 5.96. The minimum Gasteiger partial charge on any atom is -0.411 e. The topological polar surface area (TPSA) is 30.8 Å².